The van der Waals surface area contributed by atoms with Crippen molar-refractivity contribution in [2.75, 3.05) is 5.43 Å². The van der Waals surface area contributed by atoms with Crippen LogP contribution in [-0.4, -0.2) is 18.8 Å². The van der Waals surface area contributed by atoms with Gasteiger partial charge in [0.15, 0.2) is 11.2 Å². The van der Waals surface area contributed by atoms with Gasteiger partial charge < -0.3 is 5.43 Å². The van der Waals surface area contributed by atoms with E-state index in [1.807, 2.05) is 37.3 Å². The predicted molar refractivity (Wildman–Crippen MR) is 89.1 cm³/mol. The van der Waals surface area contributed by atoms with Crippen LogP contribution in [0.3, 0.4) is 0 Å². The molecule has 7 heteroatoms. The number of fused-ring (bicyclic) bond motifs is 1. The van der Waals surface area contributed by atoms with Crippen molar-refractivity contribution < 1.29 is 0 Å². The van der Waals surface area contributed by atoms with E-state index in [-0.39, 0.29) is 11.2 Å². The van der Waals surface area contributed by atoms with Gasteiger partial charge in [-0.25, -0.2) is 14.5 Å². The molecule has 1 N–H and O–H groups in total. The largest absolute Gasteiger partial charge is 0.332 e. The van der Waals surface area contributed by atoms with Crippen molar-refractivity contribution in [3.63, 3.8) is 0 Å². The fourth-order valence-corrected chi connectivity index (χ4v) is 2.61. The Morgan fingerprint density at radius 2 is 1.78 bits per heavy atom. The van der Waals surface area contributed by atoms with Gasteiger partial charge in [-0.2, -0.15) is 0 Å². The first-order valence-corrected chi connectivity index (χ1v) is 7.49. The number of rotatable bonds is 4. The summed E-state index contributed by atoms with van der Waals surface area (Å²) < 4.78 is 4.20. The van der Waals surface area contributed by atoms with Crippen LogP contribution in [0.2, 0.25) is 0 Å². The molecule has 0 aliphatic rings. The van der Waals surface area contributed by atoms with Crippen LogP contribution in [0.15, 0.2) is 39.9 Å². The highest BCUT2D eigenvalue weighted by Crippen LogP contribution is 2.10. The average molecular weight is 313 g/mol. The molecule has 1 aromatic carbocycles. The van der Waals surface area contributed by atoms with Crippen LogP contribution < -0.4 is 16.7 Å². The zero-order valence-corrected chi connectivity index (χ0v) is 13.4. The molecule has 0 aliphatic heterocycles. The van der Waals surface area contributed by atoms with Gasteiger partial charge in [-0.05, 0) is 5.56 Å². The third-order valence-electron chi connectivity index (χ3n) is 3.93. The summed E-state index contributed by atoms with van der Waals surface area (Å²) in [6, 6.07) is 9.90. The summed E-state index contributed by atoms with van der Waals surface area (Å²) in [6.45, 7) is 2.52. The van der Waals surface area contributed by atoms with Gasteiger partial charge in [-0.1, -0.05) is 37.3 Å². The SMILES string of the molecule is CCc1nc2c(c(=O)n(C)c(=O)n2C)n1NCc1ccccc1. The number of aryl methyl sites for hydroxylation is 2. The number of nitrogens with one attached hydrogen (secondary N) is 1. The van der Waals surface area contributed by atoms with Crippen LogP contribution in [-0.2, 0) is 27.1 Å². The fourth-order valence-electron chi connectivity index (χ4n) is 2.61. The van der Waals surface area contributed by atoms with Crippen LogP contribution in [0.1, 0.15) is 18.3 Å². The van der Waals surface area contributed by atoms with Gasteiger partial charge >= 0.3 is 5.69 Å². The molecule has 3 rings (SSSR count). The molecule has 0 fully saturated rings. The van der Waals surface area contributed by atoms with Gasteiger partial charge in [-0.15, -0.1) is 0 Å². The number of nitrogens with zero attached hydrogens (tertiary/aromatic N) is 4. The summed E-state index contributed by atoms with van der Waals surface area (Å²) in [5.74, 6) is 0.717. The van der Waals surface area contributed by atoms with E-state index >= 15 is 0 Å². The minimum atomic E-state index is -0.377. The maximum atomic E-state index is 12.5. The highest BCUT2D eigenvalue weighted by atomic mass is 16.2. The number of hydrogen-bond acceptors (Lipinski definition) is 4. The van der Waals surface area contributed by atoms with E-state index in [1.54, 1.807) is 11.7 Å². The molecule has 7 nitrogen and oxygen atoms in total. The summed E-state index contributed by atoms with van der Waals surface area (Å²) in [7, 11) is 3.10. The number of hydrogen-bond donors (Lipinski definition) is 1. The molecule has 3 aromatic rings. The van der Waals surface area contributed by atoms with Crippen molar-refractivity contribution in [2.24, 2.45) is 14.1 Å². The normalized spacial score (nSPS) is 11.1. The van der Waals surface area contributed by atoms with Gasteiger partial charge in [0.25, 0.3) is 5.56 Å². The summed E-state index contributed by atoms with van der Waals surface area (Å²) >= 11 is 0. The Balaban J connectivity index is 2.15. The molecule has 0 amide bonds. The monoisotopic (exact) mass is 313 g/mol. The molecule has 0 radical (unpaired) electrons. The second kappa shape index (κ2) is 5.75. The summed E-state index contributed by atoms with van der Waals surface area (Å²) in [5, 5.41) is 0. The Morgan fingerprint density at radius 3 is 2.43 bits per heavy atom. The van der Waals surface area contributed by atoms with Crippen LogP contribution in [0, 0.1) is 0 Å². The molecule has 2 heterocycles. The number of aromatic nitrogens is 4. The molecular weight excluding hydrogens is 294 g/mol. The van der Waals surface area contributed by atoms with Crippen molar-refractivity contribution in [2.45, 2.75) is 19.9 Å². The first-order valence-electron chi connectivity index (χ1n) is 7.49. The van der Waals surface area contributed by atoms with E-state index in [0.29, 0.717) is 30.0 Å². The molecular formula is C16H19N5O2. The summed E-state index contributed by atoms with van der Waals surface area (Å²) in [6.07, 6.45) is 0.647. The van der Waals surface area contributed by atoms with Crippen molar-refractivity contribution in [3.8, 4) is 0 Å². The lowest BCUT2D eigenvalue weighted by atomic mass is 10.2. The van der Waals surface area contributed by atoms with Crippen molar-refractivity contribution in [1.29, 1.82) is 0 Å². The van der Waals surface area contributed by atoms with E-state index in [2.05, 4.69) is 10.4 Å². The Kier molecular flexibility index (Phi) is 3.77. The van der Waals surface area contributed by atoms with Gasteiger partial charge in [0.1, 0.15) is 5.82 Å². The zero-order chi connectivity index (χ0) is 16.6. The van der Waals surface area contributed by atoms with Gasteiger partial charge in [0.05, 0.1) is 6.54 Å². The molecule has 23 heavy (non-hydrogen) atoms. The Labute approximate surface area is 132 Å². The third kappa shape index (κ3) is 2.44. The second-order valence-corrected chi connectivity index (χ2v) is 5.42. The lowest BCUT2D eigenvalue weighted by molar-refractivity contribution is 0.704. The van der Waals surface area contributed by atoms with Gasteiger partial charge in [0.2, 0.25) is 0 Å². The average Bonchev–Trinajstić information content (AvgIpc) is 2.96. The van der Waals surface area contributed by atoms with E-state index in [0.717, 1.165) is 10.1 Å². The summed E-state index contributed by atoms with van der Waals surface area (Å²) in [5.41, 5.74) is 4.40. The molecule has 0 saturated heterocycles. The summed E-state index contributed by atoms with van der Waals surface area (Å²) in [4.78, 5) is 29.0. The van der Waals surface area contributed by atoms with Crippen LogP contribution in [0.4, 0.5) is 0 Å². The molecule has 120 valence electrons. The smallest absolute Gasteiger partial charge is 0.319 e. The molecule has 0 spiro atoms. The third-order valence-corrected chi connectivity index (χ3v) is 3.93. The topological polar surface area (TPSA) is 73.8 Å². The predicted octanol–water partition coefficient (Wildman–Crippen LogP) is 0.740. The van der Waals surface area contributed by atoms with E-state index < -0.39 is 0 Å². The lowest BCUT2D eigenvalue weighted by Crippen LogP contribution is -2.38. The second-order valence-electron chi connectivity index (χ2n) is 5.42. The first kappa shape index (κ1) is 15.1. The van der Waals surface area contributed by atoms with Crippen molar-refractivity contribution in [3.05, 3.63) is 62.6 Å². The van der Waals surface area contributed by atoms with E-state index in [9.17, 15) is 9.59 Å². The quantitative estimate of drug-likeness (QED) is 0.771. The Hall–Kier alpha value is -2.83. The minimum Gasteiger partial charge on any atom is -0.319 e. The zero-order valence-electron chi connectivity index (χ0n) is 13.4. The lowest BCUT2D eigenvalue weighted by Gasteiger charge is -2.11. The molecule has 0 unspecified atom stereocenters. The minimum absolute atomic E-state index is 0.351. The van der Waals surface area contributed by atoms with Crippen molar-refractivity contribution >= 4 is 11.2 Å². The van der Waals surface area contributed by atoms with Gasteiger partial charge in [0, 0.05) is 20.5 Å². The fraction of sp³-hybridized carbons (Fsp3) is 0.312. The Bertz CT molecular complexity index is 966. The van der Waals surface area contributed by atoms with Crippen LogP contribution in [0.25, 0.3) is 11.2 Å². The molecule has 0 bridgehead atoms. The van der Waals surface area contributed by atoms with Crippen molar-refractivity contribution in [1.82, 2.24) is 18.8 Å². The molecule has 0 atom stereocenters. The number of imidazole rings is 1. The van der Waals surface area contributed by atoms with E-state index in [4.69, 9.17) is 0 Å². The molecule has 0 saturated carbocycles. The standard InChI is InChI=1S/C16H19N5O2/c1-4-12-18-14-13(15(22)20(3)16(23)19(14)2)21(12)17-10-11-8-6-5-7-9-11/h5-9,17H,4,10H2,1-3H3. The molecule has 2 aromatic heterocycles. The van der Waals surface area contributed by atoms with Crippen LogP contribution in [0.5, 0.6) is 0 Å². The number of benzene rings is 1. The molecule has 0 aliphatic carbocycles. The first-order chi connectivity index (χ1) is 11.0. The Morgan fingerprint density at radius 1 is 1.09 bits per heavy atom. The van der Waals surface area contributed by atoms with E-state index in [1.165, 1.54) is 11.6 Å². The maximum Gasteiger partial charge on any atom is 0.332 e. The highest BCUT2D eigenvalue weighted by Gasteiger charge is 2.18. The highest BCUT2D eigenvalue weighted by molar-refractivity contribution is 5.71. The maximum absolute atomic E-state index is 12.5. The van der Waals surface area contributed by atoms with Gasteiger partial charge in [-0.3, -0.25) is 13.9 Å². The van der Waals surface area contributed by atoms with Crippen LogP contribution >= 0.6 is 0 Å².